The number of carboxylic acid groups (broad SMARTS) is 2. The molecule has 0 radical (unpaired) electrons. The molecule has 1 aliphatic heterocycles. The minimum atomic E-state index is -1.71. The first kappa shape index (κ1) is 32.8. The summed E-state index contributed by atoms with van der Waals surface area (Å²) < 4.78 is 39.2. The van der Waals surface area contributed by atoms with Crippen molar-refractivity contribution in [2.24, 2.45) is 7.05 Å². The Hall–Kier alpha value is -5.61. The van der Waals surface area contributed by atoms with Crippen molar-refractivity contribution in [1.29, 1.82) is 0 Å². The number of hydrogen-bond acceptors (Lipinski definition) is 9. The number of nitro groups is 1. The van der Waals surface area contributed by atoms with Crippen LogP contribution in [-0.2, 0) is 11.8 Å². The summed E-state index contributed by atoms with van der Waals surface area (Å²) in [5, 5.41) is 36.7. The van der Waals surface area contributed by atoms with Crippen LogP contribution in [0.25, 0.3) is 28.0 Å². The van der Waals surface area contributed by atoms with Crippen LogP contribution in [0.4, 0.5) is 25.0 Å². The van der Waals surface area contributed by atoms with E-state index in [1.54, 1.807) is 27.8 Å². The van der Waals surface area contributed by atoms with Crippen molar-refractivity contribution >= 4 is 34.5 Å². The fourth-order valence-corrected chi connectivity index (χ4v) is 5.99. The van der Waals surface area contributed by atoms with Crippen molar-refractivity contribution in [2.45, 2.75) is 45.7 Å². The summed E-state index contributed by atoms with van der Waals surface area (Å²) in [6, 6.07) is 2.00. The van der Waals surface area contributed by atoms with Gasteiger partial charge in [-0.25, -0.2) is 23.4 Å². The molecule has 1 aliphatic rings. The number of nitrogens with zero attached hydrogens (tertiary/aromatic N) is 7. The SMILES string of the molecule is COc1cccc(F)c1-c1nc2c(cc1F)c(N1CC(C)N(C(=O)O)CC1C(=O)O)c([N+](=O)[O-])c(=O)n2-c1c(C(C)C)nn(C)c1C. The Morgan fingerprint density at radius 3 is 2.40 bits per heavy atom. The maximum Gasteiger partial charge on any atom is 0.407 e. The molecule has 2 N–H and O–H groups in total. The lowest BCUT2D eigenvalue weighted by Crippen LogP contribution is -2.61. The van der Waals surface area contributed by atoms with E-state index >= 15 is 8.78 Å². The molecule has 4 aromatic rings. The molecule has 0 aliphatic carbocycles. The Morgan fingerprint density at radius 1 is 1.15 bits per heavy atom. The van der Waals surface area contributed by atoms with Gasteiger partial charge in [0.2, 0.25) is 0 Å². The highest BCUT2D eigenvalue weighted by Gasteiger charge is 2.43. The molecule has 0 spiro atoms. The topological polar surface area (TPSA) is 186 Å². The highest BCUT2D eigenvalue weighted by Crippen LogP contribution is 2.41. The normalized spacial score (nSPS) is 16.6. The van der Waals surface area contributed by atoms with Crippen molar-refractivity contribution in [2.75, 3.05) is 25.1 Å². The van der Waals surface area contributed by atoms with Crippen LogP contribution in [0.15, 0.2) is 29.1 Å². The van der Waals surface area contributed by atoms with Gasteiger partial charge in [-0.2, -0.15) is 5.10 Å². The van der Waals surface area contributed by atoms with Crippen LogP contribution in [-0.4, -0.2) is 83.7 Å². The maximum atomic E-state index is 16.2. The molecule has 4 heterocycles. The number of benzene rings is 1. The van der Waals surface area contributed by atoms with Crippen LogP contribution < -0.4 is 15.2 Å². The number of aromatic nitrogens is 4. The zero-order valence-corrected chi connectivity index (χ0v) is 26.2. The lowest BCUT2D eigenvalue weighted by Gasteiger charge is -2.43. The van der Waals surface area contributed by atoms with Crippen molar-refractivity contribution in [3.63, 3.8) is 0 Å². The van der Waals surface area contributed by atoms with Crippen LogP contribution in [0.2, 0.25) is 0 Å². The first-order valence-corrected chi connectivity index (χ1v) is 14.4. The molecule has 1 aromatic carbocycles. The van der Waals surface area contributed by atoms with Gasteiger partial charge >= 0.3 is 23.3 Å². The summed E-state index contributed by atoms with van der Waals surface area (Å²) >= 11 is 0. The number of piperazine rings is 1. The number of carboxylic acids is 1. The van der Waals surface area contributed by atoms with Crippen LogP contribution in [0.3, 0.4) is 0 Å². The van der Waals surface area contributed by atoms with Crippen molar-refractivity contribution in [1.82, 2.24) is 24.2 Å². The number of aliphatic carboxylic acids is 1. The number of pyridine rings is 2. The van der Waals surface area contributed by atoms with E-state index in [9.17, 15) is 34.7 Å². The number of methoxy groups -OCH3 is 1. The second kappa shape index (κ2) is 12.0. The van der Waals surface area contributed by atoms with Gasteiger partial charge in [0.1, 0.15) is 29.0 Å². The number of amides is 1. The quantitative estimate of drug-likeness (QED) is 0.216. The molecule has 17 heteroatoms. The van der Waals surface area contributed by atoms with Gasteiger partial charge in [-0.15, -0.1) is 0 Å². The summed E-state index contributed by atoms with van der Waals surface area (Å²) in [6.45, 7) is 5.62. The minimum absolute atomic E-state index is 0.0863. The Morgan fingerprint density at radius 2 is 1.83 bits per heavy atom. The summed E-state index contributed by atoms with van der Waals surface area (Å²) in [5.74, 6) is -4.01. The molecule has 0 saturated carbocycles. The van der Waals surface area contributed by atoms with Gasteiger partial charge in [-0.3, -0.25) is 24.2 Å². The molecule has 248 valence electrons. The van der Waals surface area contributed by atoms with Crippen LogP contribution in [0.5, 0.6) is 5.75 Å². The standard InChI is InChI=1S/C30H31F2N7O8/c1-13(2)22-24(15(4)35(5)34-22)38-27-16(10-18(32)23(33-27)21-17(31)8-7-9-20(21)47-6)25(26(28(38)40)39(45)46)37-11-14(3)36(30(43)44)12-19(37)29(41)42/h7-10,13-14,19H,11-12H2,1-6H3,(H,41,42)(H,43,44). The van der Waals surface area contributed by atoms with Gasteiger partial charge in [0, 0.05) is 19.6 Å². The number of aryl methyl sites for hydroxylation is 1. The third kappa shape index (κ3) is 5.26. The minimum Gasteiger partial charge on any atom is -0.496 e. The molecular weight excluding hydrogens is 624 g/mol. The van der Waals surface area contributed by atoms with E-state index in [0.717, 1.165) is 26.5 Å². The molecule has 0 bridgehead atoms. The molecule has 1 saturated heterocycles. The molecule has 2 atom stereocenters. The van der Waals surface area contributed by atoms with Crippen molar-refractivity contribution < 1.29 is 38.2 Å². The van der Waals surface area contributed by atoms with Gasteiger partial charge in [-0.05, 0) is 38.0 Å². The molecule has 47 heavy (non-hydrogen) atoms. The van der Waals surface area contributed by atoms with Crippen LogP contribution >= 0.6 is 0 Å². The average molecular weight is 656 g/mol. The van der Waals surface area contributed by atoms with E-state index in [1.807, 2.05) is 0 Å². The zero-order chi connectivity index (χ0) is 34.6. The highest BCUT2D eigenvalue weighted by atomic mass is 19.1. The number of halogens is 2. The van der Waals surface area contributed by atoms with Crippen molar-refractivity contribution in [3.05, 3.63) is 67.8 Å². The zero-order valence-electron chi connectivity index (χ0n) is 26.2. The van der Waals surface area contributed by atoms with Gasteiger partial charge in [-0.1, -0.05) is 19.9 Å². The lowest BCUT2D eigenvalue weighted by molar-refractivity contribution is -0.385. The number of rotatable bonds is 7. The van der Waals surface area contributed by atoms with Crippen LogP contribution in [0, 0.1) is 28.7 Å². The molecule has 1 fully saturated rings. The maximum absolute atomic E-state index is 16.2. The summed E-state index contributed by atoms with van der Waals surface area (Å²) in [6.07, 6.45) is -1.41. The summed E-state index contributed by atoms with van der Waals surface area (Å²) in [5.41, 5.74) is -3.35. The fourth-order valence-electron chi connectivity index (χ4n) is 5.99. The average Bonchev–Trinajstić information content (AvgIpc) is 3.29. The fraction of sp³-hybridized carbons (Fsp3) is 0.367. The van der Waals surface area contributed by atoms with Gasteiger partial charge in [0.05, 0.1) is 46.6 Å². The molecule has 15 nitrogen and oxygen atoms in total. The highest BCUT2D eigenvalue weighted by molar-refractivity contribution is 5.99. The largest absolute Gasteiger partial charge is 0.496 e. The number of carbonyl (C=O) groups is 2. The number of anilines is 1. The first-order valence-electron chi connectivity index (χ1n) is 14.4. The Balaban J connectivity index is 2.01. The van der Waals surface area contributed by atoms with E-state index < -0.39 is 76.4 Å². The molecule has 3 aromatic heterocycles. The third-order valence-electron chi connectivity index (χ3n) is 8.32. The lowest BCUT2D eigenvalue weighted by atomic mass is 10.0. The number of ether oxygens (including phenoxy) is 1. The van der Waals surface area contributed by atoms with E-state index in [2.05, 4.69) is 10.1 Å². The Labute approximate surface area is 265 Å². The first-order chi connectivity index (χ1) is 22.1. The second-order valence-electron chi connectivity index (χ2n) is 11.5. The Kier molecular flexibility index (Phi) is 8.34. The monoisotopic (exact) mass is 655 g/mol. The predicted octanol–water partition coefficient (Wildman–Crippen LogP) is 4.05. The van der Waals surface area contributed by atoms with Crippen molar-refractivity contribution in [3.8, 4) is 22.7 Å². The van der Waals surface area contributed by atoms with Gasteiger partial charge in [0.15, 0.2) is 11.5 Å². The third-order valence-corrected chi connectivity index (χ3v) is 8.32. The predicted molar refractivity (Wildman–Crippen MR) is 164 cm³/mol. The van der Waals surface area contributed by atoms with E-state index in [0.29, 0.717) is 11.4 Å². The molecular formula is C30H31F2N7O8. The second-order valence-corrected chi connectivity index (χ2v) is 11.5. The molecule has 2 unspecified atom stereocenters. The molecule has 1 amide bonds. The van der Waals surface area contributed by atoms with Gasteiger partial charge in [0.25, 0.3) is 0 Å². The number of hydrogen-bond donors (Lipinski definition) is 2. The van der Waals surface area contributed by atoms with E-state index in [1.165, 1.54) is 30.8 Å². The number of fused-ring (bicyclic) bond motifs is 1. The van der Waals surface area contributed by atoms with Crippen LogP contribution in [0.1, 0.15) is 38.1 Å². The smallest absolute Gasteiger partial charge is 0.407 e. The van der Waals surface area contributed by atoms with Gasteiger partial charge < -0.3 is 24.7 Å². The van der Waals surface area contributed by atoms with E-state index in [-0.39, 0.29) is 34.0 Å². The van der Waals surface area contributed by atoms with E-state index in [4.69, 9.17) is 4.74 Å². The summed E-state index contributed by atoms with van der Waals surface area (Å²) in [7, 11) is 2.84. The summed E-state index contributed by atoms with van der Waals surface area (Å²) in [4.78, 5) is 56.9. The molecule has 5 rings (SSSR count). The Bertz CT molecular complexity index is 2030.